The lowest BCUT2D eigenvalue weighted by Gasteiger charge is -2.26. The number of nitrogens with zero attached hydrogens (tertiary/aromatic N) is 6. The molecule has 4 aliphatic rings. The number of rotatable bonds is 6. The normalized spacial score (nSPS) is 21.7. The number of halogens is 6. The lowest BCUT2D eigenvalue weighted by Crippen LogP contribution is -2.49. The van der Waals surface area contributed by atoms with Crippen LogP contribution in [-0.2, 0) is 48.9 Å². The van der Waals surface area contributed by atoms with Crippen LogP contribution in [0.25, 0.3) is 0 Å². The molecule has 4 amide bonds. The van der Waals surface area contributed by atoms with Gasteiger partial charge in [0.25, 0.3) is 23.6 Å². The molecule has 0 spiro atoms. The van der Waals surface area contributed by atoms with E-state index in [9.17, 15) is 45.5 Å². The third-order valence-corrected chi connectivity index (χ3v) is 11.7. The Bertz CT molecular complexity index is 2390. The third kappa shape index (κ3) is 7.51. The predicted octanol–water partition coefficient (Wildman–Crippen LogP) is 4.31. The predicted molar refractivity (Wildman–Crippen MR) is 201 cm³/mol. The molecule has 2 aromatic heterocycles. The number of nitrogens with one attached hydrogen (secondary N) is 2. The number of alkyl halides is 6. The van der Waals surface area contributed by atoms with Crippen molar-refractivity contribution < 1.29 is 55.0 Å². The molecule has 0 saturated heterocycles. The molecule has 2 aliphatic carbocycles. The molecule has 2 N–H and O–H groups in total. The van der Waals surface area contributed by atoms with Gasteiger partial charge >= 0.3 is 12.4 Å². The highest BCUT2D eigenvalue weighted by atomic mass is 19.4. The van der Waals surface area contributed by atoms with Crippen molar-refractivity contribution in [1.29, 1.82) is 0 Å². The summed E-state index contributed by atoms with van der Waals surface area (Å²) in [6.45, 7) is -0.536. The van der Waals surface area contributed by atoms with Crippen LogP contribution in [0, 0.1) is 11.8 Å². The Balaban J connectivity index is 1.02. The molecule has 14 nitrogen and oxygen atoms in total. The Morgan fingerprint density at radius 2 is 1.33 bits per heavy atom. The molecule has 20 heteroatoms. The van der Waals surface area contributed by atoms with Gasteiger partial charge in [0, 0.05) is 38.0 Å². The van der Waals surface area contributed by atoms with Crippen molar-refractivity contribution in [2.75, 3.05) is 37.1 Å². The Morgan fingerprint density at radius 3 is 2.00 bits per heavy atom. The van der Waals surface area contributed by atoms with E-state index in [0.29, 0.717) is 34.1 Å². The van der Waals surface area contributed by atoms with E-state index in [1.165, 1.54) is 40.3 Å². The number of ether oxygens (including phenoxy) is 2. The smallest absolute Gasteiger partial charge is 0.392 e. The van der Waals surface area contributed by atoms with Crippen LogP contribution < -0.4 is 29.9 Å². The number of aryl methyl sites for hydroxylation is 2. The minimum Gasteiger partial charge on any atom is -0.489 e. The second-order valence-electron chi connectivity index (χ2n) is 15.5. The number of hydrogen-bond donors (Lipinski definition) is 2. The van der Waals surface area contributed by atoms with Gasteiger partial charge in [-0.05, 0) is 68.4 Å². The summed E-state index contributed by atoms with van der Waals surface area (Å²) in [5.74, 6) is -5.33. The van der Waals surface area contributed by atoms with Crippen LogP contribution in [0.15, 0.2) is 42.5 Å². The van der Waals surface area contributed by atoms with Crippen LogP contribution >= 0.6 is 0 Å². The molecule has 2 aromatic carbocycles. The summed E-state index contributed by atoms with van der Waals surface area (Å²) >= 11 is 0. The van der Waals surface area contributed by atoms with E-state index in [0.717, 1.165) is 0 Å². The van der Waals surface area contributed by atoms with Crippen LogP contribution in [0.5, 0.6) is 11.5 Å². The van der Waals surface area contributed by atoms with Gasteiger partial charge in [-0.25, -0.2) is 0 Å². The fourth-order valence-electron chi connectivity index (χ4n) is 8.47. The van der Waals surface area contributed by atoms with Gasteiger partial charge in [-0.3, -0.25) is 28.5 Å². The molecule has 4 atom stereocenters. The number of amides is 4. The molecular formula is C40H40F6N8O6. The van der Waals surface area contributed by atoms with E-state index in [2.05, 4.69) is 20.8 Å². The summed E-state index contributed by atoms with van der Waals surface area (Å²) in [5.41, 5.74) is 2.15. The van der Waals surface area contributed by atoms with Crippen LogP contribution in [0.4, 0.5) is 37.7 Å². The number of benzene rings is 2. The van der Waals surface area contributed by atoms with Crippen molar-refractivity contribution in [2.45, 2.75) is 69.5 Å². The number of aromatic nitrogens is 4. The first-order chi connectivity index (χ1) is 28.4. The van der Waals surface area contributed by atoms with E-state index < -0.39 is 72.7 Å². The average molecular weight is 843 g/mol. The Morgan fingerprint density at radius 1 is 0.750 bits per heavy atom. The molecule has 0 unspecified atom stereocenters. The maximum Gasteiger partial charge on any atom is 0.392 e. The van der Waals surface area contributed by atoms with Gasteiger partial charge in [-0.1, -0.05) is 18.2 Å². The van der Waals surface area contributed by atoms with Crippen molar-refractivity contribution in [3.63, 3.8) is 0 Å². The van der Waals surface area contributed by atoms with Gasteiger partial charge in [0.15, 0.2) is 5.69 Å². The van der Waals surface area contributed by atoms with Gasteiger partial charge in [-0.2, -0.15) is 36.5 Å². The molecule has 8 rings (SSSR count). The first-order valence-corrected chi connectivity index (χ1v) is 19.3. The first kappa shape index (κ1) is 40.7. The van der Waals surface area contributed by atoms with Crippen LogP contribution in [0.3, 0.4) is 0 Å². The largest absolute Gasteiger partial charge is 0.489 e. The first-order valence-electron chi connectivity index (χ1n) is 19.3. The third-order valence-electron chi connectivity index (χ3n) is 11.7. The lowest BCUT2D eigenvalue weighted by molar-refractivity contribution is -0.177. The average Bonchev–Trinajstić information content (AvgIpc) is 3.68. The van der Waals surface area contributed by atoms with Crippen molar-refractivity contribution in [1.82, 2.24) is 30.2 Å². The number of para-hydroxylation sites is 2. The Labute approximate surface area is 338 Å². The van der Waals surface area contributed by atoms with Crippen molar-refractivity contribution >= 4 is 35.0 Å². The molecule has 0 fully saturated rings. The molecular weight excluding hydrogens is 802 g/mol. The summed E-state index contributed by atoms with van der Waals surface area (Å²) < 4.78 is 97.3. The summed E-state index contributed by atoms with van der Waals surface area (Å²) in [6, 6.07) is 9.29. The summed E-state index contributed by atoms with van der Waals surface area (Å²) in [6.07, 6.45) is -10.2. The second-order valence-corrected chi connectivity index (χ2v) is 15.5. The molecule has 0 saturated carbocycles. The van der Waals surface area contributed by atoms with Crippen LogP contribution in [0.1, 0.15) is 61.9 Å². The molecule has 60 heavy (non-hydrogen) atoms. The zero-order valence-corrected chi connectivity index (χ0v) is 32.6. The Hall–Kier alpha value is -6.08. The Kier molecular flexibility index (Phi) is 10.3. The maximum atomic E-state index is 14.0. The molecule has 0 radical (unpaired) electrons. The summed E-state index contributed by atoms with van der Waals surface area (Å²) in [7, 11) is 4.44. The highest BCUT2D eigenvalue weighted by molar-refractivity contribution is 6.04. The van der Waals surface area contributed by atoms with E-state index >= 15 is 0 Å². The van der Waals surface area contributed by atoms with E-state index in [1.54, 1.807) is 42.5 Å². The highest BCUT2D eigenvalue weighted by Gasteiger charge is 2.45. The molecule has 4 aromatic rings. The highest BCUT2D eigenvalue weighted by Crippen LogP contribution is 2.40. The molecule has 318 valence electrons. The fourth-order valence-corrected chi connectivity index (χ4v) is 8.47. The number of carbonyl (C=O) groups is 4. The second kappa shape index (κ2) is 15.2. The van der Waals surface area contributed by atoms with Gasteiger partial charge in [-0.15, -0.1) is 0 Å². The quantitative estimate of drug-likeness (QED) is 0.273. The number of anilines is 2. The lowest BCUT2D eigenvalue weighted by atomic mass is 9.85. The van der Waals surface area contributed by atoms with Gasteiger partial charge in [0.05, 0.1) is 35.4 Å². The molecule has 0 bridgehead atoms. The van der Waals surface area contributed by atoms with Gasteiger partial charge in [0.2, 0.25) is 0 Å². The van der Waals surface area contributed by atoms with E-state index in [1.807, 2.05) is 0 Å². The minimum atomic E-state index is -4.52. The van der Waals surface area contributed by atoms with E-state index in [-0.39, 0.29) is 73.7 Å². The van der Waals surface area contributed by atoms with E-state index in [4.69, 9.17) is 9.47 Å². The topological polar surface area (TPSA) is 153 Å². The monoisotopic (exact) mass is 842 g/mol. The fraction of sp³-hybridized carbons (Fsp3) is 0.450. The number of fused-ring (bicyclic) bond motifs is 4. The summed E-state index contributed by atoms with van der Waals surface area (Å²) in [4.78, 5) is 57.2. The molecule has 4 heterocycles. The minimum absolute atomic E-state index is 0.0180. The maximum absolute atomic E-state index is 14.0. The summed E-state index contributed by atoms with van der Waals surface area (Å²) in [5, 5.41) is 14.0. The van der Waals surface area contributed by atoms with Crippen molar-refractivity contribution in [3.05, 3.63) is 81.9 Å². The van der Waals surface area contributed by atoms with Crippen LogP contribution in [0.2, 0.25) is 0 Å². The van der Waals surface area contributed by atoms with Gasteiger partial charge < -0.3 is 29.9 Å². The van der Waals surface area contributed by atoms with Crippen LogP contribution in [-0.4, -0.2) is 94.9 Å². The molecule has 2 aliphatic heterocycles. The van der Waals surface area contributed by atoms with Gasteiger partial charge in [0.1, 0.15) is 42.5 Å². The standard InChI is InChI=1S/C40H40F6N8O6/c1-51-29-6-4-5-7-31(29)59-18-26(37(51)57)47-35(55)33-24-16-22(40(44,45)46)10-12-28(24)54(50-33)17-20-8-13-32-30(14-20)52(2)38(58)27(19-60-32)48-36(56)34-23-15-21(39(41,42)43)9-11-25(23)49-53(34)3/h4-8,13-14,21-22,26-27H,9-12,15-19H2,1-3H3,(H,47,55)(H,48,56)/t21-,22-,26-,27-/m0/s1. The zero-order valence-electron chi connectivity index (χ0n) is 32.6. The number of likely N-dealkylation sites (N-methyl/N-ethyl adjacent to an activating group) is 2. The van der Waals surface area contributed by atoms with Crippen molar-refractivity contribution in [3.8, 4) is 11.5 Å². The number of hydrogen-bond acceptors (Lipinski definition) is 8. The SMILES string of the molecule is CN1C(=O)[C@@H](NC(=O)c2nn(Cc3ccc4c(c3)N(C)C(=O)[C@@H](NC(=O)c3c5c(nn3C)CC[C@H](C(F)(F)F)C5)CO4)c3c2C[C@@H](C(F)(F)F)CC3)COc2ccccc21. The van der Waals surface area contributed by atoms with Crippen molar-refractivity contribution in [2.24, 2.45) is 18.9 Å². The number of carbonyl (C=O) groups excluding carboxylic acids is 4. The zero-order chi connectivity index (χ0) is 42.8.